The second-order valence-corrected chi connectivity index (χ2v) is 12.2. The van der Waals surface area contributed by atoms with Crippen molar-refractivity contribution in [2.24, 2.45) is 57.7 Å². The average Bonchev–Trinajstić information content (AvgIpc) is 3.09. The van der Waals surface area contributed by atoms with Gasteiger partial charge in [-0.15, -0.1) is 0 Å². The zero-order chi connectivity index (χ0) is 16.9. The summed E-state index contributed by atoms with van der Waals surface area (Å²) in [5.41, 5.74) is 2.19. The Hall–Kier alpha value is 0.730. The largest absolute Gasteiger partial charge is 0.0861 e. The summed E-state index contributed by atoms with van der Waals surface area (Å²) in [5.74, 6) is 7.28. The lowest BCUT2D eigenvalue weighted by atomic mass is 9.44. The maximum absolute atomic E-state index is 2.76. The maximum Gasteiger partial charge on any atom is 0.00239 e. The SMILES string of the molecule is CC(CI)[C@H]1CC[C@H]2[C@@H]3C[C@@H](C)[C@]45C[C@H]4CC[C@]5(C)[C@H]3CC[C@]12C. The molecule has 24 heavy (non-hydrogen) atoms. The van der Waals surface area contributed by atoms with Gasteiger partial charge in [-0.25, -0.2) is 0 Å². The van der Waals surface area contributed by atoms with E-state index in [0.717, 1.165) is 46.8 Å². The van der Waals surface area contributed by atoms with Gasteiger partial charge in [0.1, 0.15) is 0 Å². The zero-order valence-electron chi connectivity index (χ0n) is 16.3. The van der Waals surface area contributed by atoms with Crippen molar-refractivity contribution >= 4 is 22.6 Å². The number of halogens is 1. The van der Waals surface area contributed by atoms with Gasteiger partial charge in [-0.1, -0.05) is 50.3 Å². The Morgan fingerprint density at radius 2 is 1.83 bits per heavy atom. The van der Waals surface area contributed by atoms with Crippen molar-refractivity contribution in [1.29, 1.82) is 0 Å². The van der Waals surface area contributed by atoms with Crippen LogP contribution in [0.1, 0.15) is 79.1 Å². The molecule has 0 aromatic carbocycles. The summed E-state index contributed by atoms with van der Waals surface area (Å²) in [6, 6.07) is 0. The fourth-order valence-electron chi connectivity index (χ4n) is 9.92. The molecule has 0 heterocycles. The van der Waals surface area contributed by atoms with Crippen molar-refractivity contribution in [3.63, 3.8) is 0 Å². The van der Waals surface area contributed by atoms with Crippen molar-refractivity contribution in [3.05, 3.63) is 0 Å². The third kappa shape index (κ3) is 1.78. The van der Waals surface area contributed by atoms with Crippen molar-refractivity contribution in [1.82, 2.24) is 0 Å². The van der Waals surface area contributed by atoms with Gasteiger partial charge in [0.05, 0.1) is 0 Å². The monoisotopic (exact) mass is 440 g/mol. The summed E-state index contributed by atoms with van der Waals surface area (Å²) < 4.78 is 1.36. The summed E-state index contributed by atoms with van der Waals surface area (Å²) in [6.07, 6.45) is 12.5. The molecule has 5 saturated carbocycles. The van der Waals surface area contributed by atoms with Crippen LogP contribution in [-0.2, 0) is 0 Å². The second-order valence-electron chi connectivity index (χ2n) is 11.3. The van der Waals surface area contributed by atoms with E-state index < -0.39 is 0 Å². The fraction of sp³-hybridized carbons (Fsp3) is 1.00. The lowest BCUT2D eigenvalue weighted by Gasteiger charge is -2.61. The predicted octanol–water partition coefficient (Wildman–Crippen LogP) is 6.96. The van der Waals surface area contributed by atoms with Crippen LogP contribution in [-0.4, -0.2) is 4.43 Å². The average molecular weight is 440 g/mol. The van der Waals surface area contributed by atoms with E-state index in [9.17, 15) is 0 Å². The quantitative estimate of drug-likeness (QED) is 0.322. The molecule has 0 radical (unpaired) electrons. The Kier molecular flexibility index (Phi) is 3.63. The second kappa shape index (κ2) is 5.16. The van der Waals surface area contributed by atoms with Gasteiger partial charge in [0.15, 0.2) is 0 Å². The molecular formula is C23H37I. The standard InChI is InChI=1S/C23H37I/c1-14(13-24)18-5-6-19-17-11-15(2)23-12-16(23)7-10-22(23,4)20(17)8-9-21(18,19)3/h14-20H,5-13H2,1-4H3/t14?,15-,16-,17+,18-,19+,20+,21-,22-,23-/m1/s1. The van der Waals surface area contributed by atoms with Crippen molar-refractivity contribution in [2.45, 2.75) is 79.1 Å². The summed E-state index contributed by atoms with van der Waals surface area (Å²) >= 11 is 2.64. The normalized spacial score (nSPS) is 62.4. The first kappa shape index (κ1) is 16.9. The van der Waals surface area contributed by atoms with Crippen LogP contribution in [0.2, 0.25) is 0 Å². The zero-order valence-corrected chi connectivity index (χ0v) is 18.4. The van der Waals surface area contributed by atoms with Gasteiger partial charge in [-0.05, 0) is 109 Å². The van der Waals surface area contributed by atoms with Crippen molar-refractivity contribution in [2.75, 3.05) is 4.43 Å². The molecule has 0 aliphatic heterocycles. The van der Waals surface area contributed by atoms with E-state index in [1.807, 2.05) is 0 Å². The third-order valence-corrected chi connectivity index (χ3v) is 12.4. The first-order valence-corrected chi connectivity index (χ1v) is 12.5. The van der Waals surface area contributed by atoms with Gasteiger partial charge >= 0.3 is 0 Å². The number of rotatable bonds is 2. The highest BCUT2D eigenvalue weighted by Crippen LogP contribution is 2.83. The molecule has 5 rings (SSSR count). The van der Waals surface area contributed by atoms with E-state index in [1.54, 1.807) is 44.9 Å². The van der Waals surface area contributed by atoms with Crippen LogP contribution in [0.3, 0.4) is 0 Å². The molecule has 10 atom stereocenters. The lowest BCUT2D eigenvalue weighted by molar-refractivity contribution is -0.124. The third-order valence-electron chi connectivity index (χ3n) is 11.0. The van der Waals surface area contributed by atoms with Gasteiger partial charge in [0.2, 0.25) is 0 Å². The molecule has 0 amide bonds. The molecule has 0 aromatic heterocycles. The van der Waals surface area contributed by atoms with Crippen LogP contribution in [0.25, 0.3) is 0 Å². The molecule has 1 heteroatoms. The molecule has 5 aliphatic carbocycles. The Bertz CT molecular complexity index is 542. The van der Waals surface area contributed by atoms with E-state index in [4.69, 9.17) is 0 Å². The highest BCUT2D eigenvalue weighted by Gasteiger charge is 2.76. The van der Waals surface area contributed by atoms with Gasteiger partial charge in [-0.3, -0.25) is 0 Å². The molecular weight excluding hydrogens is 403 g/mol. The molecule has 0 N–H and O–H groups in total. The first-order valence-electron chi connectivity index (χ1n) is 10.9. The molecule has 5 fully saturated rings. The highest BCUT2D eigenvalue weighted by atomic mass is 127. The summed E-state index contributed by atoms with van der Waals surface area (Å²) in [4.78, 5) is 0. The van der Waals surface area contributed by atoms with Crippen molar-refractivity contribution in [3.8, 4) is 0 Å². The topological polar surface area (TPSA) is 0 Å². The Balaban J connectivity index is 1.48. The van der Waals surface area contributed by atoms with Gasteiger partial charge in [-0.2, -0.15) is 0 Å². The maximum atomic E-state index is 2.76. The Morgan fingerprint density at radius 3 is 2.54 bits per heavy atom. The molecule has 136 valence electrons. The van der Waals surface area contributed by atoms with Crippen molar-refractivity contribution < 1.29 is 0 Å². The Morgan fingerprint density at radius 1 is 1.04 bits per heavy atom. The van der Waals surface area contributed by atoms with Crippen LogP contribution in [0, 0.1) is 57.7 Å². The van der Waals surface area contributed by atoms with E-state index in [1.165, 1.54) is 10.8 Å². The van der Waals surface area contributed by atoms with Crippen LogP contribution in [0.15, 0.2) is 0 Å². The van der Waals surface area contributed by atoms with Crippen LogP contribution in [0.5, 0.6) is 0 Å². The minimum atomic E-state index is 0.674. The smallest absolute Gasteiger partial charge is 0.00239 e. The lowest BCUT2D eigenvalue weighted by Crippen LogP contribution is -2.54. The van der Waals surface area contributed by atoms with E-state index >= 15 is 0 Å². The van der Waals surface area contributed by atoms with Gasteiger partial charge in [0, 0.05) is 4.43 Å². The molecule has 0 saturated heterocycles. The van der Waals surface area contributed by atoms with E-state index in [0.29, 0.717) is 10.8 Å². The van der Waals surface area contributed by atoms with Crippen LogP contribution < -0.4 is 0 Å². The van der Waals surface area contributed by atoms with Gasteiger partial charge in [0.25, 0.3) is 0 Å². The highest BCUT2D eigenvalue weighted by molar-refractivity contribution is 14.1. The number of fused-ring (bicyclic) bond motifs is 4. The summed E-state index contributed by atoms with van der Waals surface area (Å²) in [7, 11) is 0. The van der Waals surface area contributed by atoms with Gasteiger partial charge < -0.3 is 0 Å². The molecule has 5 aliphatic rings. The van der Waals surface area contributed by atoms with E-state index in [2.05, 4.69) is 50.3 Å². The minimum absolute atomic E-state index is 0.674. The number of hydrogen-bond acceptors (Lipinski definition) is 0. The van der Waals surface area contributed by atoms with Crippen LogP contribution >= 0.6 is 22.6 Å². The summed E-state index contributed by atoms with van der Waals surface area (Å²) in [5, 5.41) is 0. The Labute approximate surface area is 163 Å². The number of alkyl halides is 1. The first-order chi connectivity index (χ1) is 11.4. The predicted molar refractivity (Wildman–Crippen MR) is 110 cm³/mol. The number of hydrogen-bond donors (Lipinski definition) is 0. The molecule has 1 unspecified atom stereocenters. The summed E-state index contributed by atoms with van der Waals surface area (Å²) in [6.45, 7) is 10.7. The molecule has 0 bridgehead atoms. The molecule has 0 aromatic rings. The van der Waals surface area contributed by atoms with Crippen LogP contribution in [0.4, 0.5) is 0 Å². The van der Waals surface area contributed by atoms with E-state index in [-0.39, 0.29) is 0 Å². The molecule has 0 nitrogen and oxygen atoms in total. The fourth-order valence-corrected chi connectivity index (χ4v) is 10.5. The minimum Gasteiger partial charge on any atom is -0.0861 e. The molecule has 1 spiro atoms.